The molecule has 0 spiro atoms. The summed E-state index contributed by atoms with van der Waals surface area (Å²) < 4.78 is 1.95. The van der Waals surface area contributed by atoms with E-state index in [1.807, 2.05) is 59.2 Å². The van der Waals surface area contributed by atoms with Crippen LogP contribution in [0.3, 0.4) is 0 Å². The average Bonchev–Trinajstić information content (AvgIpc) is 3.32. The number of amides is 1. The summed E-state index contributed by atoms with van der Waals surface area (Å²) in [5.74, 6) is 0.529. The molecule has 5 aromatic rings. The quantitative estimate of drug-likeness (QED) is 0.181. The molecule has 0 fully saturated rings. The largest absolute Gasteiger partial charge is 0.325 e. The van der Waals surface area contributed by atoms with E-state index in [-0.39, 0.29) is 17.3 Å². The molecule has 4 aromatic carbocycles. The number of nitrogens with one attached hydrogen (secondary N) is 1. The Labute approximate surface area is 204 Å². The number of para-hydroxylation sites is 1. The number of fused-ring (bicyclic) bond motifs is 1. The van der Waals surface area contributed by atoms with Crippen LogP contribution in [0.1, 0.15) is 0 Å². The van der Waals surface area contributed by atoms with Gasteiger partial charge in [0.15, 0.2) is 11.0 Å². The van der Waals surface area contributed by atoms with E-state index in [2.05, 4.69) is 33.7 Å². The lowest BCUT2D eigenvalue weighted by atomic mass is 10.0. The lowest BCUT2D eigenvalue weighted by Crippen LogP contribution is -2.14. The van der Waals surface area contributed by atoms with Crippen molar-refractivity contribution in [3.8, 4) is 17.1 Å². The second-order valence-corrected chi connectivity index (χ2v) is 8.59. The number of nitro groups is 1. The van der Waals surface area contributed by atoms with E-state index in [9.17, 15) is 14.9 Å². The van der Waals surface area contributed by atoms with Crippen LogP contribution in [0.15, 0.2) is 102 Å². The summed E-state index contributed by atoms with van der Waals surface area (Å²) in [6.45, 7) is 0. The first-order valence-corrected chi connectivity index (χ1v) is 11.7. The number of hydrogen-bond acceptors (Lipinski definition) is 6. The zero-order chi connectivity index (χ0) is 24.2. The van der Waals surface area contributed by atoms with Crippen molar-refractivity contribution in [1.29, 1.82) is 0 Å². The second kappa shape index (κ2) is 9.78. The van der Waals surface area contributed by atoms with E-state index in [1.165, 1.54) is 36.0 Å². The Balaban J connectivity index is 1.43. The molecule has 5 rings (SSSR count). The molecule has 8 nitrogen and oxygen atoms in total. The summed E-state index contributed by atoms with van der Waals surface area (Å²) in [6, 6.07) is 29.7. The van der Waals surface area contributed by atoms with Gasteiger partial charge >= 0.3 is 0 Å². The van der Waals surface area contributed by atoms with Gasteiger partial charge < -0.3 is 5.32 Å². The summed E-state index contributed by atoms with van der Waals surface area (Å²) >= 11 is 1.27. The molecule has 0 aliphatic rings. The SMILES string of the molecule is O=C(CSc1nnc(-c2cccc3ccccc23)n1-c1ccccc1)Nc1ccc([N+](=O)[O-])cc1. The van der Waals surface area contributed by atoms with Crippen LogP contribution in [0.4, 0.5) is 11.4 Å². The van der Waals surface area contributed by atoms with E-state index in [0.717, 1.165) is 22.0 Å². The number of anilines is 1. The predicted octanol–water partition coefficient (Wildman–Crippen LogP) is 5.73. The molecule has 172 valence electrons. The number of rotatable bonds is 7. The highest BCUT2D eigenvalue weighted by molar-refractivity contribution is 7.99. The van der Waals surface area contributed by atoms with E-state index < -0.39 is 4.92 Å². The second-order valence-electron chi connectivity index (χ2n) is 7.64. The predicted molar refractivity (Wildman–Crippen MR) is 137 cm³/mol. The monoisotopic (exact) mass is 481 g/mol. The lowest BCUT2D eigenvalue weighted by molar-refractivity contribution is -0.384. The minimum Gasteiger partial charge on any atom is -0.325 e. The zero-order valence-electron chi connectivity index (χ0n) is 18.4. The highest BCUT2D eigenvalue weighted by Gasteiger charge is 2.19. The molecule has 0 saturated heterocycles. The van der Waals surface area contributed by atoms with Crippen LogP contribution in [-0.4, -0.2) is 31.3 Å². The summed E-state index contributed by atoms with van der Waals surface area (Å²) in [5, 5.41) is 25.2. The molecule has 0 saturated carbocycles. The molecule has 0 atom stereocenters. The first kappa shape index (κ1) is 22.3. The molecule has 1 heterocycles. The molecule has 0 radical (unpaired) electrons. The van der Waals surface area contributed by atoms with Crippen molar-refractivity contribution in [1.82, 2.24) is 14.8 Å². The van der Waals surface area contributed by atoms with Gasteiger partial charge in [-0.25, -0.2) is 0 Å². The average molecular weight is 482 g/mol. The Bertz CT molecular complexity index is 1510. The standard InChI is InChI=1S/C26H19N5O3S/c32-24(27-19-13-15-21(16-14-19)31(33)34)17-35-26-29-28-25(30(26)20-9-2-1-3-10-20)23-12-6-8-18-7-4-5-11-22(18)23/h1-16H,17H2,(H,27,32). The van der Waals surface area contributed by atoms with Crippen molar-refractivity contribution >= 4 is 39.8 Å². The number of carbonyl (C=O) groups is 1. The summed E-state index contributed by atoms with van der Waals surface area (Å²) in [5.41, 5.74) is 2.29. The number of aromatic nitrogens is 3. The first-order chi connectivity index (χ1) is 17.1. The van der Waals surface area contributed by atoms with Crippen LogP contribution in [0.5, 0.6) is 0 Å². The molecule has 0 aliphatic heterocycles. The number of non-ortho nitro benzene ring substituents is 1. The summed E-state index contributed by atoms with van der Waals surface area (Å²) in [6.07, 6.45) is 0. The van der Waals surface area contributed by atoms with Crippen molar-refractivity contribution in [3.05, 3.63) is 107 Å². The summed E-state index contributed by atoms with van der Waals surface area (Å²) in [7, 11) is 0. The molecular weight excluding hydrogens is 462 g/mol. The van der Waals surface area contributed by atoms with Gasteiger partial charge in [0.1, 0.15) is 0 Å². The van der Waals surface area contributed by atoms with Gasteiger partial charge in [-0.2, -0.15) is 0 Å². The fraction of sp³-hybridized carbons (Fsp3) is 0.0385. The molecule has 0 aliphatic carbocycles. The highest BCUT2D eigenvalue weighted by atomic mass is 32.2. The fourth-order valence-electron chi connectivity index (χ4n) is 3.76. The van der Waals surface area contributed by atoms with Gasteiger partial charge in [0.25, 0.3) is 5.69 Å². The van der Waals surface area contributed by atoms with Crippen LogP contribution in [-0.2, 0) is 4.79 Å². The topological polar surface area (TPSA) is 103 Å². The Morgan fingerprint density at radius 3 is 2.37 bits per heavy atom. The van der Waals surface area contributed by atoms with Crippen molar-refractivity contribution in [2.75, 3.05) is 11.1 Å². The van der Waals surface area contributed by atoms with Gasteiger partial charge in [-0.05, 0) is 35.0 Å². The third kappa shape index (κ3) is 4.75. The van der Waals surface area contributed by atoms with Gasteiger partial charge in [-0.1, -0.05) is 72.4 Å². The van der Waals surface area contributed by atoms with Crippen molar-refractivity contribution in [2.45, 2.75) is 5.16 Å². The van der Waals surface area contributed by atoms with Crippen molar-refractivity contribution < 1.29 is 9.72 Å². The van der Waals surface area contributed by atoms with Crippen molar-refractivity contribution in [2.24, 2.45) is 0 Å². The third-order valence-corrected chi connectivity index (χ3v) is 6.30. The molecule has 0 bridgehead atoms. The van der Waals surface area contributed by atoms with E-state index in [0.29, 0.717) is 16.7 Å². The zero-order valence-corrected chi connectivity index (χ0v) is 19.2. The smallest absolute Gasteiger partial charge is 0.269 e. The van der Waals surface area contributed by atoms with E-state index in [1.54, 1.807) is 0 Å². The third-order valence-electron chi connectivity index (χ3n) is 5.37. The van der Waals surface area contributed by atoms with Gasteiger partial charge in [-0.3, -0.25) is 19.5 Å². The maximum atomic E-state index is 12.6. The molecule has 9 heteroatoms. The minimum atomic E-state index is -0.481. The van der Waals surface area contributed by atoms with Crippen LogP contribution in [0.2, 0.25) is 0 Å². The molecule has 1 amide bonds. The van der Waals surface area contributed by atoms with E-state index in [4.69, 9.17) is 0 Å². The Hall–Kier alpha value is -4.50. The number of hydrogen-bond donors (Lipinski definition) is 1. The van der Waals surface area contributed by atoms with Crippen LogP contribution in [0, 0.1) is 10.1 Å². The Kier molecular flexibility index (Phi) is 6.23. The molecule has 35 heavy (non-hydrogen) atoms. The normalized spacial score (nSPS) is 10.9. The highest BCUT2D eigenvalue weighted by Crippen LogP contribution is 2.32. The summed E-state index contributed by atoms with van der Waals surface area (Å²) in [4.78, 5) is 22.9. The van der Waals surface area contributed by atoms with Crippen LogP contribution >= 0.6 is 11.8 Å². The van der Waals surface area contributed by atoms with Gasteiger partial charge in [0, 0.05) is 29.1 Å². The molecular formula is C26H19N5O3S. The minimum absolute atomic E-state index is 0.0331. The van der Waals surface area contributed by atoms with Crippen LogP contribution < -0.4 is 5.32 Å². The first-order valence-electron chi connectivity index (χ1n) is 10.8. The van der Waals surface area contributed by atoms with Crippen LogP contribution in [0.25, 0.3) is 27.8 Å². The Morgan fingerprint density at radius 2 is 1.60 bits per heavy atom. The maximum Gasteiger partial charge on any atom is 0.269 e. The number of nitro benzene ring substituents is 1. The van der Waals surface area contributed by atoms with Gasteiger partial charge in [0.2, 0.25) is 5.91 Å². The van der Waals surface area contributed by atoms with Gasteiger partial charge in [-0.15, -0.1) is 10.2 Å². The Morgan fingerprint density at radius 1 is 0.886 bits per heavy atom. The lowest BCUT2D eigenvalue weighted by Gasteiger charge is -2.12. The molecule has 1 N–H and O–H groups in total. The number of thioether (sulfide) groups is 1. The van der Waals surface area contributed by atoms with Crippen molar-refractivity contribution in [3.63, 3.8) is 0 Å². The molecule has 0 unspecified atom stereocenters. The van der Waals surface area contributed by atoms with E-state index >= 15 is 0 Å². The number of nitrogens with zero attached hydrogens (tertiary/aromatic N) is 4. The van der Waals surface area contributed by atoms with Gasteiger partial charge in [0.05, 0.1) is 10.7 Å². The molecule has 1 aromatic heterocycles. The maximum absolute atomic E-state index is 12.6. The number of benzene rings is 4. The fourth-order valence-corrected chi connectivity index (χ4v) is 4.51. The number of carbonyl (C=O) groups excluding carboxylic acids is 1.